The van der Waals surface area contributed by atoms with Gasteiger partial charge in [0.2, 0.25) is 0 Å². The minimum Gasteiger partial charge on any atom is -0.465 e. The van der Waals surface area contributed by atoms with E-state index in [4.69, 9.17) is 18.9 Å². The Morgan fingerprint density at radius 1 is 0.517 bits per heavy atom. The summed E-state index contributed by atoms with van der Waals surface area (Å²) in [6.07, 6.45) is 40.4. The van der Waals surface area contributed by atoms with E-state index in [0.717, 1.165) is 95.8 Å². The van der Waals surface area contributed by atoms with E-state index in [2.05, 4.69) is 77.7 Å². The van der Waals surface area contributed by atoms with Crippen molar-refractivity contribution in [1.29, 1.82) is 0 Å². The first-order valence-corrected chi connectivity index (χ1v) is 24.9. The van der Waals surface area contributed by atoms with E-state index >= 15 is 0 Å². The minimum absolute atomic E-state index is 0.000629. The molecular weight excluding hydrogens is 751 g/mol. The summed E-state index contributed by atoms with van der Waals surface area (Å²) in [7, 11) is 0. The van der Waals surface area contributed by atoms with Crippen molar-refractivity contribution < 1.29 is 33.3 Å². The number of allylic oxidation sites excluding steroid dienone is 5. The maximum atomic E-state index is 13.2. The van der Waals surface area contributed by atoms with Crippen LogP contribution in [0.2, 0.25) is 0 Å². The van der Waals surface area contributed by atoms with E-state index in [-0.39, 0.29) is 43.8 Å². The number of unbranched alkanes of at least 4 members (excludes halogenated alkanes) is 19. The normalized spacial score (nSPS) is 12.8. The van der Waals surface area contributed by atoms with Crippen LogP contribution < -0.4 is 0 Å². The van der Waals surface area contributed by atoms with Crippen molar-refractivity contribution in [3.05, 3.63) is 36.0 Å². The number of rotatable bonds is 42. The van der Waals surface area contributed by atoms with E-state index < -0.39 is 12.1 Å². The van der Waals surface area contributed by atoms with Crippen LogP contribution in [0.15, 0.2) is 36.0 Å². The van der Waals surface area contributed by atoms with Gasteiger partial charge in [-0.1, -0.05) is 181 Å². The Morgan fingerprint density at radius 3 is 1.52 bits per heavy atom. The van der Waals surface area contributed by atoms with Crippen molar-refractivity contribution in [2.24, 2.45) is 11.3 Å². The fourth-order valence-electron chi connectivity index (χ4n) is 7.21. The minimum atomic E-state index is -0.772. The van der Waals surface area contributed by atoms with Crippen LogP contribution >= 0.6 is 0 Å². The fourth-order valence-corrected chi connectivity index (χ4v) is 7.21. The van der Waals surface area contributed by atoms with Gasteiger partial charge in [-0.15, -0.1) is 0 Å². The number of carbonyl (C=O) groups excluding carboxylic acids is 3. The molecule has 8 nitrogen and oxygen atoms in total. The van der Waals surface area contributed by atoms with Gasteiger partial charge in [-0.25, -0.2) is 9.59 Å². The van der Waals surface area contributed by atoms with Crippen molar-refractivity contribution in [2.45, 2.75) is 222 Å². The van der Waals surface area contributed by atoms with Crippen LogP contribution in [0.25, 0.3) is 0 Å². The molecule has 0 N–H and O–H groups in total. The van der Waals surface area contributed by atoms with Crippen molar-refractivity contribution >= 4 is 18.1 Å². The molecule has 0 aromatic rings. The molecule has 0 aromatic heterocycles. The fraction of sp³-hybridized carbons (Fsp3) is 0.827. The van der Waals surface area contributed by atoms with Crippen LogP contribution in [0.3, 0.4) is 0 Å². The molecular formula is C52H95NO7. The number of hydrogen-bond donors (Lipinski definition) is 0. The molecule has 0 saturated heterocycles. The van der Waals surface area contributed by atoms with Gasteiger partial charge in [0.15, 0.2) is 0 Å². The molecule has 0 amide bonds. The SMILES string of the molecule is CCCCC/C=C\C/C=C\CCCCCCCC(=O)OCC(COC(=O)/C=C(\CCCCCCC)CCCCCCCCCC)COC(=O)OCC(C)(C)CN(CC)CC. The maximum absolute atomic E-state index is 13.2. The predicted octanol–water partition coefficient (Wildman–Crippen LogP) is 14.8. The average molecular weight is 846 g/mol. The lowest BCUT2D eigenvalue weighted by atomic mass is 9.94. The number of esters is 2. The van der Waals surface area contributed by atoms with Crippen LogP contribution in [0.1, 0.15) is 222 Å². The number of hydrogen-bond acceptors (Lipinski definition) is 8. The molecule has 0 aliphatic heterocycles. The molecule has 8 heteroatoms. The van der Waals surface area contributed by atoms with Crippen LogP contribution in [0, 0.1) is 11.3 Å². The summed E-state index contributed by atoms with van der Waals surface area (Å²) in [6, 6.07) is 0. The molecule has 0 radical (unpaired) electrons. The Labute approximate surface area is 370 Å². The first kappa shape index (κ1) is 57.4. The van der Waals surface area contributed by atoms with E-state index in [0.29, 0.717) is 6.42 Å². The average Bonchev–Trinajstić information content (AvgIpc) is 3.23. The van der Waals surface area contributed by atoms with Gasteiger partial charge in [0.25, 0.3) is 0 Å². The predicted molar refractivity (Wildman–Crippen MR) is 252 cm³/mol. The summed E-state index contributed by atoms with van der Waals surface area (Å²) in [6.45, 7) is 17.8. The lowest BCUT2D eigenvalue weighted by Crippen LogP contribution is -2.37. The maximum Gasteiger partial charge on any atom is 0.508 e. The summed E-state index contributed by atoms with van der Waals surface area (Å²) in [5.74, 6) is -1.17. The van der Waals surface area contributed by atoms with Gasteiger partial charge >= 0.3 is 18.1 Å². The first-order valence-electron chi connectivity index (χ1n) is 24.9. The third kappa shape index (κ3) is 38.3. The Morgan fingerprint density at radius 2 is 0.967 bits per heavy atom. The topological polar surface area (TPSA) is 91.4 Å². The van der Waals surface area contributed by atoms with Gasteiger partial charge in [0.1, 0.15) is 26.4 Å². The second kappa shape index (κ2) is 41.7. The quantitative estimate of drug-likeness (QED) is 0.0197. The van der Waals surface area contributed by atoms with Crippen LogP contribution in [0.5, 0.6) is 0 Å². The van der Waals surface area contributed by atoms with Gasteiger partial charge < -0.3 is 23.8 Å². The summed E-state index contributed by atoms with van der Waals surface area (Å²) in [5, 5.41) is 0. The van der Waals surface area contributed by atoms with Crippen LogP contribution in [-0.4, -0.2) is 69.1 Å². The van der Waals surface area contributed by atoms with Gasteiger partial charge in [0, 0.05) is 24.5 Å². The molecule has 0 fully saturated rings. The summed E-state index contributed by atoms with van der Waals surface area (Å²) < 4.78 is 22.4. The number of nitrogens with zero attached hydrogens (tertiary/aromatic N) is 1. The number of ether oxygens (including phenoxy) is 4. The third-order valence-corrected chi connectivity index (χ3v) is 11.1. The highest BCUT2D eigenvalue weighted by Gasteiger charge is 2.24. The molecule has 1 atom stereocenters. The standard InChI is InChI=1S/C52H95NO7/c1-8-13-16-19-21-23-24-25-26-27-28-29-31-34-37-40-49(54)57-42-48(44-59-51(56)60-46-52(6,7)45-53(11-4)12-5)43-58-50(55)41-47(38-35-32-18-15-10-3)39-36-33-30-22-20-17-14-9-2/h21,23,25-26,41,48H,8-20,22,24,27-40,42-46H2,1-7H3/b23-21-,26-25-,47-41+. The zero-order chi connectivity index (χ0) is 44.4. The molecule has 0 rings (SSSR count). The highest BCUT2D eigenvalue weighted by Crippen LogP contribution is 2.20. The Balaban J connectivity index is 5.10. The Hall–Kier alpha value is -2.61. The molecule has 0 aromatic carbocycles. The molecule has 350 valence electrons. The lowest BCUT2D eigenvalue weighted by Gasteiger charge is -2.30. The van der Waals surface area contributed by atoms with Crippen LogP contribution in [0.4, 0.5) is 4.79 Å². The molecule has 0 heterocycles. The zero-order valence-electron chi connectivity index (χ0n) is 40.3. The molecule has 0 saturated carbocycles. The monoisotopic (exact) mass is 846 g/mol. The van der Waals surface area contributed by atoms with Gasteiger partial charge in [-0.05, 0) is 77.3 Å². The van der Waals surface area contributed by atoms with Gasteiger partial charge in [-0.2, -0.15) is 0 Å². The largest absolute Gasteiger partial charge is 0.508 e. The van der Waals surface area contributed by atoms with Gasteiger partial charge in [0.05, 0.1) is 5.92 Å². The summed E-state index contributed by atoms with van der Waals surface area (Å²) in [4.78, 5) is 40.9. The van der Waals surface area contributed by atoms with E-state index in [9.17, 15) is 14.4 Å². The van der Waals surface area contributed by atoms with Crippen molar-refractivity contribution in [2.75, 3.05) is 46.1 Å². The Bertz CT molecular complexity index is 1110. The van der Waals surface area contributed by atoms with E-state index in [1.54, 1.807) is 6.08 Å². The molecule has 1 unspecified atom stereocenters. The second-order valence-corrected chi connectivity index (χ2v) is 17.8. The summed E-state index contributed by atoms with van der Waals surface area (Å²) >= 11 is 0. The zero-order valence-corrected chi connectivity index (χ0v) is 40.3. The molecule has 0 spiro atoms. The third-order valence-electron chi connectivity index (χ3n) is 11.1. The smallest absolute Gasteiger partial charge is 0.465 e. The number of carbonyl (C=O) groups is 3. The first-order chi connectivity index (χ1) is 29.1. The lowest BCUT2D eigenvalue weighted by molar-refractivity contribution is -0.148. The van der Waals surface area contributed by atoms with E-state index in [1.165, 1.54) is 96.3 Å². The summed E-state index contributed by atoms with van der Waals surface area (Å²) in [5.41, 5.74) is 0.904. The highest BCUT2D eigenvalue weighted by atomic mass is 16.7. The molecule has 0 aliphatic carbocycles. The van der Waals surface area contributed by atoms with Crippen molar-refractivity contribution in [1.82, 2.24) is 4.90 Å². The van der Waals surface area contributed by atoms with Crippen molar-refractivity contribution in [3.8, 4) is 0 Å². The highest BCUT2D eigenvalue weighted by molar-refractivity contribution is 5.82. The van der Waals surface area contributed by atoms with E-state index in [1.807, 2.05) is 0 Å². The van der Waals surface area contributed by atoms with Crippen molar-refractivity contribution in [3.63, 3.8) is 0 Å². The molecule has 0 bridgehead atoms. The van der Waals surface area contributed by atoms with Gasteiger partial charge in [-0.3, -0.25) is 4.79 Å². The van der Waals surface area contributed by atoms with Crippen LogP contribution in [-0.2, 0) is 28.5 Å². The second-order valence-electron chi connectivity index (χ2n) is 17.8. The Kier molecular flexibility index (Phi) is 39.9. The molecule has 60 heavy (non-hydrogen) atoms. The molecule has 0 aliphatic rings.